The predicted molar refractivity (Wildman–Crippen MR) is 132 cm³/mol. The Bertz CT molecular complexity index is 1470. The second kappa shape index (κ2) is 9.19. The Morgan fingerprint density at radius 3 is 2.31 bits per heavy atom. The van der Waals surface area contributed by atoms with E-state index >= 15 is 0 Å². The molecular formula is C29H23NO6. The number of fused-ring (bicyclic) bond motifs is 2. The van der Waals surface area contributed by atoms with Crippen molar-refractivity contribution >= 4 is 23.4 Å². The number of methoxy groups -OCH3 is 1. The van der Waals surface area contributed by atoms with E-state index in [1.54, 1.807) is 31.2 Å². The number of aromatic carboxylic acids is 1. The molecule has 0 spiro atoms. The van der Waals surface area contributed by atoms with Gasteiger partial charge in [-0.2, -0.15) is 0 Å². The Balaban J connectivity index is 1.57. The highest BCUT2D eigenvalue weighted by Crippen LogP contribution is 2.48. The lowest BCUT2D eigenvalue weighted by Crippen LogP contribution is -2.29. The van der Waals surface area contributed by atoms with Gasteiger partial charge in [-0.3, -0.25) is 4.79 Å². The number of nitrogens with one attached hydrogen (secondary N) is 1. The SMILES string of the molecule is COC(=O)C1=C(C)NC2=C(C(=O)c3ccccc32)[C@H]1c1ccccc1OCc1ccc(C(=O)O)cc1. The van der Waals surface area contributed by atoms with Crippen molar-refractivity contribution in [1.82, 2.24) is 5.32 Å². The number of ketones is 1. The molecular weight excluding hydrogens is 458 g/mol. The minimum atomic E-state index is -0.998. The number of ether oxygens (including phenoxy) is 2. The fraction of sp³-hybridized carbons (Fsp3) is 0.138. The lowest BCUT2D eigenvalue weighted by Gasteiger charge is -2.30. The standard InChI is InChI=1S/C29H23NO6/c1-16-23(29(34)35-2)24(25-26(30-16)19-7-3-4-8-20(19)27(25)31)21-9-5-6-10-22(21)36-15-17-11-13-18(14-12-17)28(32)33/h3-14,24,30H,15H2,1-2H3,(H,32,33)/t24-/m0/s1. The van der Waals surface area contributed by atoms with Gasteiger partial charge >= 0.3 is 11.9 Å². The first-order valence-electron chi connectivity index (χ1n) is 11.4. The maximum Gasteiger partial charge on any atom is 0.336 e. The molecule has 1 aliphatic heterocycles. The van der Waals surface area contributed by atoms with Gasteiger partial charge in [0.15, 0.2) is 5.78 Å². The van der Waals surface area contributed by atoms with E-state index in [1.165, 1.54) is 19.2 Å². The van der Waals surface area contributed by atoms with Crippen LogP contribution in [0.3, 0.4) is 0 Å². The molecule has 1 atom stereocenters. The minimum Gasteiger partial charge on any atom is -0.489 e. The first-order chi connectivity index (χ1) is 17.4. The van der Waals surface area contributed by atoms with Crippen LogP contribution in [0.5, 0.6) is 5.75 Å². The van der Waals surface area contributed by atoms with Crippen LogP contribution in [0.4, 0.5) is 0 Å². The summed E-state index contributed by atoms with van der Waals surface area (Å²) in [7, 11) is 1.32. The van der Waals surface area contributed by atoms with Gasteiger partial charge in [0, 0.05) is 28.0 Å². The number of dihydropyridines is 1. The number of carbonyl (C=O) groups excluding carboxylic acids is 2. The summed E-state index contributed by atoms with van der Waals surface area (Å²) in [5.74, 6) is -1.86. The summed E-state index contributed by atoms with van der Waals surface area (Å²) in [6.07, 6.45) is 0. The maximum atomic E-state index is 13.6. The van der Waals surface area contributed by atoms with Crippen LogP contribution >= 0.6 is 0 Å². The lowest BCUT2D eigenvalue weighted by atomic mass is 9.79. The van der Waals surface area contributed by atoms with E-state index in [1.807, 2.05) is 36.4 Å². The minimum absolute atomic E-state index is 0.147. The van der Waals surface area contributed by atoms with Crippen molar-refractivity contribution in [2.24, 2.45) is 0 Å². The van der Waals surface area contributed by atoms with Gasteiger partial charge < -0.3 is 19.9 Å². The molecule has 1 aliphatic carbocycles. The van der Waals surface area contributed by atoms with Crippen molar-refractivity contribution in [3.63, 3.8) is 0 Å². The highest BCUT2D eigenvalue weighted by atomic mass is 16.5. The van der Waals surface area contributed by atoms with Gasteiger partial charge in [-0.25, -0.2) is 9.59 Å². The average Bonchev–Trinajstić information content (AvgIpc) is 3.18. The van der Waals surface area contributed by atoms with Crippen molar-refractivity contribution in [1.29, 1.82) is 0 Å². The molecule has 0 unspecified atom stereocenters. The van der Waals surface area contributed by atoms with Gasteiger partial charge in [0.1, 0.15) is 12.4 Å². The van der Waals surface area contributed by atoms with Crippen molar-refractivity contribution in [3.8, 4) is 5.75 Å². The quantitative estimate of drug-likeness (QED) is 0.492. The van der Waals surface area contributed by atoms with Crippen LogP contribution in [0, 0.1) is 0 Å². The number of rotatable bonds is 6. The van der Waals surface area contributed by atoms with E-state index in [9.17, 15) is 14.4 Å². The van der Waals surface area contributed by atoms with Crippen molar-refractivity contribution < 1.29 is 29.0 Å². The molecule has 2 N–H and O–H groups in total. The zero-order valence-electron chi connectivity index (χ0n) is 19.7. The number of benzene rings is 3. The van der Waals surface area contributed by atoms with Crippen LogP contribution in [-0.4, -0.2) is 29.9 Å². The summed E-state index contributed by atoms with van der Waals surface area (Å²) in [5.41, 5.74) is 5.12. The summed E-state index contributed by atoms with van der Waals surface area (Å²) in [6.45, 7) is 1.97. The van der Waals surface area contributed by atoms with Crippen LogP contribution in [0.25, 0.3) is 5.70 Å². The molecule has 36 heavy (non-hydrogen) atoms. The summed E-state index contributed by atoms with van der Waals surface area (Å²) < 4.78 is 11.3. The van der Waals surface area contributed by atoms with E-state index in [0.717, 1.165) is 11.1 Å². The number of allylic oxidation sites excluding steroid dienone is 2. The molecule has 7 nitrogen and oxygen atoms in total. The monoisotopic (exact) mass is 481 g/mol. The third-order valence-electron chi connectivity index (χ3n) is 6.48. The zero-order valence-corrected chi connectivity index (χ0v) is 19.7. The Morgan fingerprint density at radius 2 is 1.61 bits per heavy atom. The van der Waals surface area contributed by atoms with Gasteiger partial charge in [0.2, 0.25) is 0 Å². The third kappa shape index (κ3) is 3.84. The Kier molecular flexibility index (Phi) is 5.90. The summed E-state index contributed by atoms with van der Waals surface area (Å²) >= 11 is 0. The number of para-hydroxylation sites is 1. The van der Waals surface area contributed by atoms with Gasteiger partial charge in [-0.1, -0.05) is 54.6 Å². The molecule has 0 fully saturated rings. The second-order valence-corrected chi connectivity index (χ2v) is 8.58. The molecule has 3 aromatic carbocycles. The number of Topliss-reactive ketones (excluding diaryl/α,β-unsaturated/α-hetero) is 1. The first kappa shape index (κ1) is 23.1. The Morgan fingerprint density at radius 1 is 0.944 bits per heavy atom. The summed E-state index contributed by atoms with van der Waals surface area (Å²) in [5, 5.41) is 12.4. The molecule has 0 radical (unpaired) electrons. The molecule has 5 rings (SSSR count). The van der Waals surface area contributed by atoms with Crippen LogP contribution in [0.2, 0.25) is 0 Å². The molecule has 0 amide bonds. The molecule has 0 aromatic heterocycles. The maximum absolute atomic E-state index is 13.6. The van der Waals surface area contributed by atoms with Gasteiger partial charge in [0.25, 0.3) is 0 Å². The van der Waals surface area contributed by atoms with Crippen molar-refractivity contribution in [2.75, 3.05) is 7.11 Å². The van der Waals surface area contributed by atoms with Crippen LogP contribution in [-0.2, 0) is 16.1 Å². The highest BCUT2D eigenvalue weighted by Gasteiger charge is 2.43. The van der Waals surface area contributed by atoms with E-state index in [0.29, 0.717) is 39.4 Å². The van der Waals surface area contributed by atoms with E-state index < -0.39 is 17.9 Å². The molecule has 0 bridgehead atoms. The molecule has 1 heterocycles. The summed E-state index contributed by atoms with van der Waals surface area (Å²) in [6, 6.07) is 21.1. The predicted octanol–water partition coefficient (Wildman–Crippen LogP) is 4.71. The molecule has 0 saturated heterocycles. The number of carboxylic acid groups (broad SMARTS) is 1. The molecule has 2 aliphatic rings. The van der Waals surface area contributed by atoms with E-state index in [-0.39, 0.29) is 18.0 Å². The molecule has 3 aromatic rings. The number of carboxylic acids is 1. The van der Waals surface area contributed by atoms with E-state index in [2.05, 4.69) is 5.32 Å². The third-order valence-corrected chi connectivity index (χ3v) is 6.48. The Labute approximate surface area is 207 Å². The fourth-order valence-corrected chi connectivity index (χ4v) is 4.78. The Hall–Kier alpha value is -4.65. The van der Waals surface area contributed by atoms with Crippen molar-refractivity contribution in [2.45, 2.75) is 19.4 Å². The first-order valence-corrected chi connectivity index (χ1v) is 11.4. The van der Waals surface area contributed by atoms with Gasteiger partial charge in [-0.15, -0.1) is 0 Å². The largest absolute Gasteiger partial charge is 0.489 e. The van der Waals surface area contributed by atoms with Gasteiger partial charge in [-0.05, 0) is 30.7 Å². The molecule has 7 heteroatoms. The smallest absolute Gasteiger partial charge is 0.336 e. The van der Waals surface area contributed by atoms with Crippen LogP contribution in [0.1, 0.15) is 50.2 Å². The number of carbonyl (C=O) groups is 3. The lowest BCUT2D eigenvalue weighted by molar-refractivity contribution is -0.136. The zero-order chi connectivity index (χ0) is 25.4. The highest BCUT2D eigenvalue weighted by molar-refractivity contribution is 6.23. The fourth-order valence-electron chi connectivity index (χ4n) is 4.78. The average molecular weight is 482 g/mol. The van der Waals surface area contributed by atoms with Crippen LogP contribution in [0.15, 0.2) is 89.6 Å². The normalized spacial score (nSPS) is 16.3. The molecule has 0 saturated carbocycles. The molecule has 180 valence electrons. The topological polar surface area (TPSA) is 102 Å². The number of hydrogen-bond acceptors (Lipinski definition) is 6. The van der Waals surface area contributed by atoms with Crippen LogP contribution < -0.4 is 10.1 Å². The number of hydrogen-bond donors (Lipinski definition) is 2. The number of esters is 1. The van der Waals surface area contributed by atoms with E-state index in [4.69, 9.17) is 14.6 Å². The second-order valence-electron chi connectivity index (χ2n) is 8.58. The summed E-state index contributed by atoms with van der Waals surface area (Å²) in [4.78, 5) is 37.7. The van der Waals surface area contributed by atoms with Crippen molar-refractivity contribution in [3.05, 3.63) is 117 Å². The van der Waals surface area contributed by atoms with Gasteiger partial charge in [0.05, 0.1) is 29.9 Å².